The Morgan fingerprint density at radius 1 is 1.39 bits per heavy atom. The number of thiazole rings is 1. The van der Waals surface area contributed by atoms with Gasteiger partial charge in [-0.2, -0.15) is 0 Å². The number of amides is 1. The van der Waals surface area contributed by atoms with Gasteiger partial charge in [0, 0.05) is 0 Å². The van der Waals surface area contributed by atoms with Crippen LogP contribution in [0.5, 0.6) is 0 Å². The second-order valence-electron chi connectivity index (χ2n) is 5.44. The standard InChI is InChI=1S/C15H15N5OS2/c21-13(18-15-19-16-9-22-15)8-20-7-3-5-11(20)14-17-10-4-1-2-6-12(10)23-14/h1-2,4,6,9,11H,3,5,7-8H2,(H,18,19,21)/t11-/m1/s1. The maximum absolute atomic E-state index is 12.2. The number of hydrogen-bond acceptors (Lipinski definition) is 7. The monoisotopic (exact) mass is 345 g/mol. The minimum absolute atomic E-state index is 0.0465. The molecule has 8 heteroatoms. The first-order valence-corrected chi connectivity index (χ1v) is 9.15. The number of fused-ring (bicyclic) bond motifs is 1. The van der Waals surface area contributed by atoms with Crippen LogP contribution in [0.15, 0.2) is 29.8 Å². The molecule has 1 saturated heterocycles. The quantitative estimate of drug-likeness (QED) is 0.787. The van der Waals surface area contributed by atoms with Gasteiger partial charge in [-0.15, -0.1) is 21.5 Å². The molecule has 0 spiro atoms. The molecule has 1 amide bonds. The molecule has 2 aromatic heterocycles. The van der Waals surface area contributed by atoms with Crippen molar-refractivity contribution < 1.29 is 4.79 Å². The number of hydrogen-bond donors (Lipinski definition) is 1. The van der Waals surface area contributed by atoms with E-state index >= 15 is 0 Å². The molecule has 0 aliphatic carbocycles. The van der Waals surface area contributed by atoms with E-state index in [1.807, 2.05) is 18.2 Å². The summed E-state index contributed by atoms with van der Waals surface area (Å²) < 4.78 is 1.20. The summed E-state index contributed by atoms with van der Waals surface area (Å²) in [5, 5.41) is 12.0. The van der Waals surface area contributed by atoms with E-state index < -0.39 is 0 Å². The van der Waals surface area contributed by atoms with Crippen LogP contribution in [0.1, 0.15) is 23.9 Å². The van der Waals surface area contributed by atoms with Gasteiger partial charge in [0.2, 0.25) is 11.0 Å². The Kier molecular flexibility index (Phi) is 4.02. The van der Waals surface area contributed by atoms with Crippen LogP contribution in [0.4, 0.5) is 5.13 Å². The average Bonchev–Trinajstić information content (AvgIpc) is 3.26. The first-order chi connectivity index (χ1) is 11.3. The second kappa shape index (κ2) is 6.31. The number of anilines is 1. The van der Waals surface area contributed by atoms with Gasteiger partial charge in [0.25, 0.3) is 0 Å². The third-order valence-electron chi connectivity index (χ3n) is 3.91. The molecule has 4 rings (SSSR count). The van der Waals surface area contributed by atoms with E-state index in [1.54, 1.807) is 16.8 Å². The molecule has 23 heavy (non-hydrogen) atoms. The van der Waals surface area contributed by atoms with E-state index in [4.69, 9.17) is 4.98 Å². The Labute approximate surface area is 141 Å². The largest absolute Gasteiger partial charge is 0.299 e. The molecule has 1 aliphatic heterocycles. The highest BCUT2D eigenvalue weighted by molar-refractivity contribution is 7.18. The number of aromatic nitrogens is 3. The highest BCUT2D eigenvalue weighted by atomic mass is 32.1. The number of rotatable bonds is 4. The maximum atomic E-state index is 12.2. The van der Waals surface area contributed by atoms with Crippen molar-refractivity contribution in [3.05, 3.63) is 34.8 Å². The fourth-order valence-corrected chi connectivity index (χ4v) is 4.50. The summed E-state index contributed by atoms with van der Waals surface area (Å²) in [4.78, 5) is 19.1. The van der Waals surface area contributed by atoms with E-state index in [9.17, 15) is 4.79 Å². The number of carbonyl (C=O) groups is 1. The van der Waals surface area contributed by atoms with Crippen molar-refractivity contribution in [2.24, 2.45) is 0 Å². The van der Waals surface area contributed by atoms with E-state index in [2.05, 4.69) is 26.5 Å². The summed E-state index contributed by atoms with van der Waals surface area (Å²) in [5.41, 5.74) is 2.65. The molecule has 6 nitrogen and oxygen atoms in total. The number of carbonyl (C=O) groups excluding carboxylic acids is 1. The Hall–Kier alpha value is -1.90. The maximum Gasteiger partial charge on any atom is 0.240 e. The fourth-order valence-electron chi connectivity index (χ4n) is 2.90. The lowest BCUT2D eigenvalue weighted by atomic mass is 10.2. The fraction of sp³-hybridized carbons (Fsp3) is 0.333. The minimum atomic E-state index is -0.0465. The first-order valence-electron chi connectivity index (χ1n) is 7.45. The van der Waals surface area contributed by atoms with Gasteiger partial charge in [0.15, 0.2) is 0 Å². The average molecular weight is 345 g/mol. The van der Waals surface area contributed by atoms with Crippen LogP contribution in [0.25, 0.3) is 10.2 Å². The number of nitrogens with zero attached hydrogens (tertiary/aromatic N) is 4. The van der Waals surface area contributed by atoms with Crippen molar-refractivity contribution in [2.45, 2.75) is 18.9 Å². The summed E-state index contributed by atoms with van der Waals surface area (Å²) in [6.07, 6.45) is 2.14. The van der Waals surface area contributed by atoms with Crippen molar-refractivity contribution in [1.82, 2.24) is 20.1 Å². The van der Waals surface area contributed by atoms with Crippen molar-refractivity contribution in [3.8, 4) is 0 Å². The van der Waals surface area contributed by atoms with Crippen molar-refractivity contribution >= 4 is 43.9 Å². The van der Waals surface area contributed by atoms with Crippen LogP contribution in [0.2, 0.25) is 0 Å². The normalized spacial score (nSPS) is 18.5. The zero-order valence-corrected chi connectivity index (χ0v) is 13.9. The second-order valence-corrected chi connectivity index (χ2v) is 7.34. The molecule has 0 radical (unpaired) electrons. The molecule has 1 aromatic carbocycles. The van der Waals surface area contributed by atoms with Crippen LogP contribution in [0.3, 0.4) is 0 Å². The molecular formula is C15H15N5OS2. The van der Waals surface area contributed by atoms with Gasteiger partial charge in [-0.05, 0) is 31.5 Å². The number of likely N-dealkylation sites (tertiary alicyclic amines) is 1. The van der Waals surface area contributed by atoms with Gasteiger partial charge in [0.1, 0.15) is 10.5 Å². The number of para-hydroxylation sites is 1. The third-order valence-corrected chi connectivity index (χ3v) is 5.66. The van der Waals surface area contributed by atoms with Crippen LogP contribution in [-0.4, -0.2) is 39.1 Å². The van der Waals surface area contributed by atoms with Crippen molar-refractivity contribution in [1.29, 1.82) is 0 Å². The minimum Gasteiger partial charge on any atom is -0.299 e. The number of nitrogens with one attached hydrogen (secondary N) is 1. The third kappa shape index (κ3) is 3.10. The molecule has 1 aliphatic rings. The zero-order chi connectivity index (χ0) is 15.6. The molecule has 3 heterocycles. The topological polar surface area (TPSA) is 71.0 Å². The Morgan fingerprint density at radius 2 is 2.30 bits per heavy atom. The Balaban J connectivity index is 1.48. The Bertz CT molecular complexity index is 783. The van der Waals surface area contributed by atoms with E-state index in [-0.39, 0.29) is 11.9 Å². The summed E-state index contributed by atoms with van der Waals surface area (Å²) >= 11 is 3.05. The molecule has 0 saturated carbocycles. The van der Waals surface area contributed by atoms with Gasteiger partial charge in [-0.3, -0.25) is 15.0 Å². The summed E-state index contributed by atoms with van der Waals surface area (Å²) in [5.74, 6) is -0.0465. The van der Waals surface area contributed by atoms with Crippen LogP contribution >= 0.6 is 22.7 Å². The molecule has 1 atom stereocenters. The lowest BCUT2D eigenvalue weighted by Gasteiger charge is -2.21. The highest BCUT2D eigenvalue weighted by Crippen LogP contribution is 2.36. The zero-order valence-electron chi connectivity index (χ0n) is 12.3. The molecule has 118 valence electrons. The van der Waals surface area contributed by atoms with Crippen LogP contribution < -0.4 is 5.32 Å². The predicted molar refractivity (Wildman–Crippen MR) is 91.7 cm³/mol. The summed E-state index contributed by atoms with van der Waals surface area (Å²) in [7, 11) is 0. The van der Waals surface area contributed by atoms with Crippen LogP contribution in [-0.2, 0) is 4.79 Å². The van der Waals surface area contributed by atoms with Gasteiger partial charge >= 0.3 is 0 Å². The lowest BCUT2D eigenvalue weighted by Crippen LogP contribution is -2.32. The number of benzene rings is 1. The van der Waals surface area contributed by atoms with E-state index in [0.29, 0.717) is 11.7 Å². The Morgan fingerprint density at radius 3 is 3.13 bits per heavy atom. The van der Waals surface area contributed by atoms with Crippen LogP contribution in [0, 0.1) is 0 Å². The van der Waals surface area contributed by atoms with E-state index in [1.165, 1.54) is 16.0 Å². The summed E-state index contributed by atoms with van der Waals surface area (Å²) in [6, 6.07) is 8.40. The molecule has 1 N–H and O–H groups in total. The van der Waals surface area contributed by atoms with Crippen molar-refractivity contribution in [2.75, 3.05) is 18.4 Å². The van der Waals surface area contributed by atoms with Gasteiger partial charge in [0.05, 0.1) is 22.8 Å². The van der Waals surface area contributed by atoms with Gasteiger partial charge in [-0.25, -0.2) is 4.98 Å². The molecule has 3 aromatic rings. The smallest absolute Gasteiger partial charge is 0.240 e. The van der Waals surface area contributed by atoms with Crippen molar-refractivity contribution in [3.63, 3.8) is 0 Å². The SMILES string of the molecule is O=C(CN1CCC[C@@H]1c1nc2ccccc2s1)Nc1nncs1. The molecule has 1 fully saturated rings. The van der Waals surface area contributed by atoms with Gasteiger partial charge in [-0.1, -0.05) is 23.5 Å². The molecule has 0 bridgehead atoms. The predicted octanol–water partition coefficient (Wildman–Crippen LogP) is 2.92. The summed E-state index contributed by atoms with van der Waals surface area (Å²) in [6.45, 7) is 1.28. The first kappa shape index (κ1) is 14.7. The van der Waals surface area contributed by atoms with E-state index in [0.717, 1.165) is 29.9 Å². The molecular weight excluding hydrogens is 330 g/mol. The lowest BCUT2D eigenvalue weighted by molar-refractivity contribution is -0.117. The highest BCUT2D eigenvalue weighted by Gasteiger charge is 2.30. The molecule has 0 unspecified atom stereocenters. The van der Waals surface area contributed by atoms with Gasteiger partial charge < -0.3 is 0 Å².